The summed E-state index contributed by atoms with van der Waals surface area (Å²) in [6, 6.07) is 9.76. The predicted octanol–water partition coefficient (Wildman–Crippen LogP) is 1.01. The van der Waals surface area contributed by atoms with Crippen LogP contribution in [0.1, 0.15) is 16.8 Å². The molecule has 0 saturated carbocycles. The Morgan fingerprint density at radius 3 is 3.00 bits per heavy atom. The van der Waals surface area contributed by atoms with Gasteiger partial charge in [-0.3, -0.25) is 4.79 Å². The average molecular weight is 257 g/mol. The molecule has 2 heterocycles. The molecule has 2 aromatic rings. The van der Waals surface area contributed by atoms with E-state index in [0.29, 0.717) is 6.54 Å². The van der Waals surface area contributed by atoms with E-state index in [2.05, 4.69) is 27.9 Å². The van der Waals surface area contributed by atoms with Gasteiger partial charge >= 0.3 is 0 Å². The standard InChI is InChI=1S/C14H15N3O2/c18-14(16-9-12-5-6-19-17-12)13-7-10-3-1-2-4-11(10)8-15-13/h1-6,13,15H,7-9H2,(H,16,18)/t13-/m1/s1. The normalized spacial score (nSPS) is 17.8. The Kier molecular flexibility index (Phi) is 3.29. The number of amides is 1. The number of aromatic nitrogens is 1. The van der Waals surface area contributed by atoms with Crippen molar-refractivity contribution in [2.45, 2.75) is 25.6 Å². The highest BCUT2D eigenvalue weighted by molar-refractivity contribution is 5.82. The first-order valence-electron chi connectivity index (χ1n) is 6.30. The first kappa shape index (κ1) is 11.9. The molecule has 0 unspecified atom stereocenters. The Labute approximate surface area is 111 Å². The van der Waals surface area contributed by atoms with Crippen molar-refractivity contribution < 1.29 is 9.32 Å². The second-order valence-corrected chi connectivity index (χ2v) is 4.61. The zero-order valence-electron chi connectivity index (χ0n) is 10.4. The molecule has 98 valence electrons. The van der Waals surface area contributed by atoms with Crippen molar-refractivity contribution in [2.75, 3.05) is 0 Å². The van der Waals surface area contributed by atoms with Gasteiger partial charge in [0.05, 0.1) is 12.6 Å². The molecule has 1 aliphatic rings. The van der Waals surface area contributed by atoms with Gasteiger partial charge in [-0.15, -0.1) is 0 Å². The van der Waals surface area contributed by atoms with Gasteiger partial charge in [0.1, 0.15) is 12.0 Å². The number of nitrogens with one attached hydrogen (secondary N) is 2. The summed E-state index contributed by atoms with van der Waals surface area (Å²) in [5, 5.41) is 9.87. The molecular weight excluding hydrogens is 242 g/mol. The zero-order valence-corrected chi connectivity index (χ0v) is 10.4. The molecule has 0 fully saturated rings. The van der Waals surface area contributed by atoms with Gasteiger partial charge in [-0.05, 0) is 17.5 Å². The number of carbonyl (C=O) groups is 1. The van der Waals surface area contributed by atoms with Gasteiger partial charge in [0.15, 0.2) is 0 Å². The summed E-state index contributed by atoms with van der Waals surface area (Å²) in [4.78, 5) is 12.1. The Morgan fingerprint density at radius 2 is 2.21 bits per heavy atom. The summed E-state index contributed by atoms with van der Waals surface area (Å²) in [6.45, 7) is 1.13. The highest BCUT2D eigenvalue weighted by Gasteiger charge is 2.23. The first-order chi connectivity index (χ1) is 9.33. The van der Waals surface area contributed by atoms with Crippen molar-refractivity contribution in [3.05, 3.63) is 53.4 Å². The van der Waals surface area contributed by atoms with Crippen LogP contribution < -0.4 is 10.6 Å². The second-order valence-electron chi connectivity index (χ2n) is 4.61. The lowest BCUT2D eigenvalue weighted by molar-refractivity contribution is -0.123. The minimum Gasteiger partial charge on any atom is -0.364 e. The lowest BCUT2D eigenvalue weighted by atomic mass is 9.95. The van der Waals surface area contributed by atoms with Crippen molar-refractivity contribution in [1.82, 2.24) is 15.8 Å². The van der Waals surface area contributed by atoms with Crippen molar-refractivity contribution in [1.29, 1.82) is 0 Å². The third-order valence-electron chi connectivity index (χ3n) is 3.33. The molecule has 0 bridgehead atoms. The molecule has 2 N–H and O–H groups in total. The third kappa shape index (κ3) is 2.66. The topological polar surface area (TPSA) is 67.2 Å². The van der Waals surface area contributed by atoms with Gasteiger partial charge in [0, 0.05) is 12.6 Å². The van der Waals surface area contributed by atoms with Gasteiger partial charge in [-0.2, -0.15) is 0 Å². The summed E-state index contributed by atoms with van der Waals surface area (Å²) < 4.78 is 4.72. The van der Waals surface area contributed by atoms with Gasteiger partial charge in [0.2, 0.25) is 5.91 Å². The highest BCUT2D eigenvalue weighted by Crippen LogP contribution is 2.16. The second kappa shape index (κ2) is 5.24. The molecular formula is C14H15N3O2. The predicted molar refractivity (Wildman–Crippen MR) is 69.1 cm³/mol. The minimum atomic E-state index is -0.179. The van der Waals surface area contributed by atoms with E-state index in [-0.39, 0.29) is 11.9 Å². The van der Waals surface area contributed by atoms with Gasteiger partial charge < -0.3 is 15.2 Å². The molecule has 0 saturated heterocycles. The van der Waals surface area contributed by atoms with Crippen molar-refractivity contribution >= 4 is 5.91 Å². The smallest absolute Gasteiger partial charge is 0.237 e. The highest BCUT2D eigenvalue weighted by atomic mass is 16.5. The maximum atomic E-state index is 12.1. The largest absolute Gasteiger partial charge is 0.364 e. The number of hydrogen-bond acceptors (Lipinski definition) is 4. The lowest BCUT2D eigenvalue weighted by Crippen LogP contribution is -2.47. The molecule has 1 amide bonds. The fourth-order valence-electron chi connectivity index (χ4n) is 2.27. The lowest BCUT2D eigenvalue weighted by Gasteiger charge is -2.25. The number of carbonyl (C=O) groups excluding carboxylic acids is 1. The molecule has 0 radical (unpaired) electrons. The van der Waals surface area contributed by atoms with Crippen LogP contribution in [-0.4, -0.2) is 17.1 Å². The number of benzene rings is 1. The van der Waals surface area contributed by atoms with Crippen LogP contribution >= 0.6 is 0 Å². The summed E-state index contributed by atoms with van der Waals surface area (Å²) >= 11 is 0. The number of rotatable bonds is 3. The van der Waals surface area contributed by atoms with E-state index in [4.69, 9.17) is 4.52 Å². The van der Waals surface area contributed by atoms with Crippen LogP contribution in [0.4, 0.5) is 0 Å². The van der Waals surface area contributed by atoms with Crippen LogP contribution in [0.2, 0.25) is 0 Å². The van der Waals surface area contributed by atoms with E-state index >= 15 is 0 Å². The van der Waals surface area contributed by atoms with Crippen molar-refractivity contribution in [3.63, 3.8) is 0 Å². The van der Waals surface area contributed by atoms with E-state index in [1.807, 2.05) is 12.1 Å². The van der Waals surface area contributed by atoms with Crippen LogP contribution in [0.25, 0.3) is 0 Å². The van der Waals surface area contributed by atoms with Gasteiger partial charge in [-0.25, -0.2) is 0 Å². The first-order valence-corrected chi connectivity index (χ1v) is 6.30. The molecule has 1 aromatic heterocycles. The number of nitrogens with zero attached hydrogens (tertiary/aromatic N) is 1. The Hall–Kier alpha value is -2.14. The van der Waals surface area contributed by atoms with Gasteiger partial charge in [-0.1, -0.05) is 29.4 Å². The zero-order chi connectivity index (χ0) is 13.1. The maximum Gasteiger partial charge on any atom is 0.237 e. The molecule has 3 rings (SSSR count). The maximum absolute atomic E-state index is 12.1. The van der Waals surface area contributed by atoms with Gasteiger partial charge in [0.25, 0.3) is 0 Å². The summed E-state index contributed by atoms with van der Waals surface area (Å²) in [6.07, 6.45) is 2.22. The molecule has 1 aliphatic heterocycles. The SMILES string of the molecule is O=C(NCc1ccon1)[C@H]1Cc2ccccc2CN1. The van der Waals surface area contributed by atoms with E-state index in [1.54, 1.807) is 6.07 Å². The van der Waals surface area contributed by atoms with Crippen LogP contribution in [0.15, 0.2) is 41.1 Å². The number of hydrogen-bond donors (Lipinski definition) is 2. The van der Waals surface area contributed by atoms with E-state index in [9.17, 15) is 4.79 Å². The minimum absolute atomic E-state index is 0.00231. The molecule has 0 aliphatic carbocycles. The molecule has 1 aromatic carbocycles. The van der Waals surface area contributed by atoms with Crippen LogP contribution in [0.3, 0.4) is 0 Å². The van der Waals surface area contributed by atoms with Crippen LogP contribution in [0, 0.1) is 0 Å². The Bertz CT molecular complexity index is 566. The molecule has 5 heteroatoms. The monoisotopic (exact) mass is 257 g/mol. The van der Waals surface area contributed by atoms with Crippen LogP contribution in [-0.2, 0) is 24.3 Å². The van der Waals surface area contributed by atoms with Crippen molar-refractivity contribution in [2.24, 2.45) is 0 Å². The fraction of sp³-hybridized carbons (Fsp3) is 0.286. The van der Waals surface area contributed by atoms with Crippen LogP contribution in [0.5, 0.6) is 0 Å². The molecule has 5 nitrogen and oxygen atoms in total. The summed E-state index contributed by atoms with van der Waals surface area (Å²) in [5.41, 5.74) is 3.23. The average Bonchev–Trinajstić information content (AvgIpc) is 2.97. The quantitative estimate of drug-likeness (QED) is 0.861. The molecule has 0 spiro atoms. The summed E-state index contributed by atoms with van der Waals surface area (Å²) in [7, 11) is 0. The van der Waals surface area contributed by atoms with E-state index in [1.165, 1.54) is 17.4 Å². The summed E-state index contributed by atoms with van der Waals surface area (Å²) in [5.74, 6) is -0.00231. The Morgan fingerprint density at radius 1 is 1.37 bits per heavy atom. The Balaban J connectivity index is 1.60. The molecule has 19 heavy (non-hydrogen) atoms. The molecule has 1 atom stereocenters. The fourth-order valence-corrected chi connectivity index (χ4v) is 2.27. The van der Waals surface area contributed by atoms with E-state index < -0.39 is 0 Å². The van der Waals surface area contributed by atoms with Crippen molar-refractivity contribution in [3.8, 4) is 0 Å². The third-order valence-corrected chi connectivity index (χ3v) is 3.33. The number of fused-ring (bicyclic) bond motifs is 1. The van der Waals surface area contributed by atoms with E-state index in [0.717, 1.165) is 18.7 Å².